The number of fused-ring (bicyclic) bond motifs is 1. The number of nitrogens with zero attached hydrogens (tertiary/aromatic N) is 1. The number of aryl methyl sites for hydroxylation is 1. The highest BCUT2D eigenvalue weighted by Gasteiger charge is 2.18. The summed E-state index contributed by atoms with van der Waals surface area (Å²) in [5, 5.41) is 6.92. The molecule has 2 rings (SSSR count). The molecule has 0 amide bonds. The SMILES string of the molecule is Cc1cnc2c(c1)NCC(CC(C)C)N2. The van der Waals surface area contributed by atoms with Crippen LogP contribution in [0.1, 0.15) is 25.8 Å². The lowest BCUT2D eigenvalue weighted by Crippen LogP contribution is -2.34. The van der Waals surface area contributed by atoms with Crippen LogP contribution in [0.2, 0.25) is 0 Å². The first-order valence-electron chi connectivity index (χ1n) is 5.62. The maximum absolute atomic E-state index is 4.40. The Bertz CT molecular complexity index is 347. The molecule has 1 aromatic heterocycles. The molecule has 0 fully saturated rings. The Morgan fingerprint density at radius 3 is 3.07 bits per heavy atom. The lowest BCUT2D eigenvalue weighted by Gasteiger charge is -2.28. The third-order valence-corrected chi connectivity index (χ3v) is 2.66. The zero-order chi connectivity index (χ0) is 10.8. The molecular formula is C12H19N3. The van der Waals surface area contributed by atoms with Gasteiger partial charge in [0.25, 0.3) is 0 Å². The molecule has 15 heavy (non-hydrogen) atoms. The third kappa shape index (κ3) is 2.41. The monoisotopic (exact) mass is 205 g/mol. The summed E-state index contributed by atoms with van der Waals surface area (Å²) in [6.07, 6.45) is 3.09. The normalized spacial score (nSPS) is 19.3. The molecule has 0 bridgehead atoms. The number of nitrogens with one attached hydrogen (secondary N) is 2. The van der Waals surface area contributed by atoms with Gasteiger partial charge in [0.1, 0.15) is 5.82 Å². The van der Waals surface area contributed by atoms with Gasteiger partial charge in [-0.3, -0.25) is 0 Å². The van der Waals surface area contributed by atoms with E-state index in [2.05, 4.69) is 42.5 Å². The Hall–Kier alpha value is -1.25. The van der Waals surface area contributed by atoms with Crippen molar-refractivity contribution < 1.29 is 0 Å². The smallest absolute Gasteiger partial charge is 0.149 e. The fourth-order valence-corrected chi connectivity index (χ4v) is 2.01. The summed E-state index contributed by atoms with van der Waals surface area (Å²) in [4.78, 5) is 4.40. The van der Waals surface area contributed by atoms with Crippen molar-refractivity contribution in [2.75, 3.05) is 17.2 Å². The molecule has 2 heterocycles. The Kier molecular flexibility index (Phi) is 2.80. The Labute approximate surface area is 91.3 Å². The van der Waals surface area contributed by atoms with E-state index in [0.29, 0.717) is 6.04 Å². The van der Waals surface area contributed by atoms with Crippen molar-refractivity contribution in [3.63, 3.8) is 0 Å². The maximum Gasteiger partial charge on any atom is 0.149 e. The number of hydrogen-bond donors (Lipinski definition) is 2. The third-order valence-electron chi connectivity index (χ3n) is 2.66. The van der Waals surface area contributed by atoms with E-state index in [1.165, 1.54) is 12.0 Å². The van der Waals surface area contributed by atoms with Gasteiger partial charge >= 0.3 is 0 Å². The largest absolute Gasteiger partial charge is 0.380 e. The first kappa shape index (κ1) is 10.3. The van der Waals surface area contributed by atoms with Crippen LogP contribution in [0.4, 0.5) is 11.5 Å². The van der Waals surface area contributed by atoms with Gasteiger partial charge in [-0.25, -0.2) is 4.98 Å². The molecule has 1 aliphatic rings. The zero-order valence-electron chi connectivity index (χ0n) is 9.67. The molecule has 0 spiro atoms. The molecule has 82 valence electrons. The Balaban J connectivity index is 2.10. The van der Waals surface area contributed by atoms with Gasteiger partial charge in [0.15, 0.2) is 0 Å². The maximum atomic E-state index is 4.40. The van der Waals surface area contributed by atoms with Crippen LogP contribution in [0.3, 0.4) is 0 Å². The van der Waals surface area contributed by atoms with Crippen LogP contribution >= 0.6 is 0 Å². The summed E-state index contributed by atoms with van der Waals surface area (Å²) >= 11 is 0. The van der Waals surface area contributed by atoms with Crippen LogP contribution in [-0.4, -0.2) is 17.6 Å². The van der Waals surface area contributed by atoms with Gasteiger partial charge in [-0.15, -0.1) is 0 Å². The van der Waals surface area contributed by atoms with Crippen LogP contribution in [0.25, 0.3) is 0 Å². The van der Waals surface area contributed by atoms with Gasteiger partial charge in [0.2, 0.25) is 0 Å². The molecule has 1 atom stereocenters. The van der Waals surface area contributed by atoms with E-state index >= 15 is 0 Å². The Morgan fingerprint density at radius 1 is 1.53 bits per heavy atom. The van der Waals surface area contributed by atoms with E-state index in [9.17, 15) is 0 Å². The lowest BCUT2D eigenvalue weighted by atomic mass is 10.0. The zero-order valence-corrected chi connectivity index (χ0v) is 9.67. The molecule has 1 unspecified atom stereocenters. The van der Waals surface area contributed by atoms with Crippen LogP contribution in [0, 0.1) is 12.8 Å². The van der Waals surface area contributed by atoms with Crippen LogP contribution < -0.4 is 10.6 Å². The van der Waals surface area contributed by atoms with Crippen molar-refractivity contribution in [3.05, 3.63) is 17.8 Å². The van der Waals surface area contributed by atoms with Crippen molar-refractivity contribution in [2.24, 2.45) is 5.92 Å². The van der Waals surface area contributed by atoms with E-state index in [0.717, 1.165) is 24.0 Å². The minimum atomic E-state index is 0.507. The van der Waals surface area contributed by atoms with Crippen molar-refractivity contribution in [1.29, 1.82) is 0 Å². The van der Waals surface area contributed by atoms with Crippen LogP contribution in [-0.2, 0) is 0 Å². The minimum Gasteiger partial charge on any atom is -0.380 e. The van der Waals surface area contributed by atoms with Gasteiger partial charge < -0.3 is 10.6 Å². The second-order valence-corrected chi connectivity index (χ2v) is 4.76. The molecule has 0 aliphatic carbocycles. The molecule has 3 nitrogen and oxygen atoms in total. The van der Waals surface area contributed by atoms with Gasteiger partial charge in [-0.05, 0) is 30.9 Å². The second kappa shape index (κ2) is 4.09. The molecular weight excluding hydrogens is 186 g/mol. The summed E-state index contributed by atoms with van der Waals surface area (Å²) < 4.78 is 0. The first-order valence-corrected chi connectivity index (χ1v) is 5.62. The van der Waals surface area contributed by atoms with E-state index in [1.807, 2.05) is 6.20 Å². The van der Waals surface area contributed by atoms with Crippen molar-refractivity contribution in [1.82, 2.24) is 4.98 Å². The highest BCUT2D eigenvalue weighted by molar-refractivity contribution is 5.67. The molecule has 3 heteroatoms. The lowest BCUT2D eigenvalue weighted by molar-refractivity contribution is 0.524. The standard InChI is InChI=1S/C12H19N3/c1-8(2)4-10-7-13-11-5-9(3)6-14-12(11)15-10/h5-6,8,10,13H,4,7H2,1-3H3,(H,14,15). The van der Waals surface area contributed by atoms with Crippen LogP contribution in [0.5, 0.6) is 0 Å². The number of hydrogen-bond acceptors (Lipinski definition) is 3. The molecule has 1 aliphatic heterocycles. The Morgan fingerprint density at radius 2 is 2.33 bits per heavy atom. The molecule has 1 aromatic rings. The number of anilines is 2. The second-order valence-electron chi connectivity index (χ2n) is 4.76. The van der Waals surface area contributed by atoms with Gasteiger partial charge in [0, 0.05) is 18.8 Å². The van der Waals surface area contributed by atoms with E-state index < -0.39 is 0 Å². The minimum absolute atomic E-state index is 0.507. The van der Waals surface area contributed by atoms with Crippen LogP contribution in [0.15, 0.2) is 12.3 Å². The van der Waals surface area contributed by atoms with E-state index in [-0.39, 0.29) is 0 Å². The fraction of sp³-hybridized carbons (Fsp3) is 0.583. The van der Waals surface area contributed by atoms with Crippen molar-refractivity contribution in [2.45, 2.75) is 33.2 Å². The molecule has 0 radical (unpaired) electrons. The molecule has 0 aromatic carbocycles. The number of pyridine rings is 1. The summed E-state index contributed by atoms with van der Waals surface area (Å²) in [5.74, 6) is 1.72. The number of aromatic nitrogens is 1. The highest BCUT2D eigenvalue weighted by Crippen LogP contribution is 2.25. The average Bonchev–Trinajstić information content (AvgIpc) is 2.17. The summed E-state index contributed by atoms with van der Waals surface area (Å²) in [7, 11) is 0. The van der Waals surface area contributed by atoms with Crippen molar-refractivity contribution in [3.8, 4) is 0 Å². The summed E-state index contributed by atoms with van der Waals surface area (Å²) in [6, 6.07) is 2.65. The number of rotatable bonds is 2. The van der Waals surface area contributed by atoms with E-state index in [1.54, 1.807) is 0 Å². The van der Waals surface area contributed by atoms with Gasteiger partial charge in [-0.2, -0.15) is 0 Å². The predicted molar refractivity (Wildman–Crippen MR) is 64.3 cm³/mol. The fourth-order valence-electron chi connectivity index (χ4n) is 2.01. The predicted octanol–water partition coefficient (Wildman–Crippen LogP) is 2.64. The average molecular weight is 205 g/mol. The quantitative estimate of drug-likeness (QED) is 0.779. The van der Waals surface area contributed by atoms with Gasteiger partial charge in [0.05, 0.1) is 5.69 Å². The molecule has 0 saturated heterocycles. The topological polar surface area (TPSA) is 37.0 Å². The first-order chi connectivity index (χ1) is 7.15. The highest BCUT2D eigenvalue weighted by atomic mass is 15.1. The van der Waals surface area contributed by atoms with E-state index in [4.69, 9.17) is 0 Å². The summed E-state index contributed by atoms with van der Waals surface area (Å²) in [6.45, 7) is 7.56. The molecule has 2 N–H and O–H groups in total. The molecule has 0 saturated carbocycles. The van der Waals surface area contributed by atoms with Crippen molar-refractivity contribution >= 4 is 11.5 Å². The van der Waals surface area contributed by atoms with Gasteiger partial charge in [-0.1, -0.05) is 13.8 Å². The summed E-state index contributed by atoms with van der Waals surface area (Å²) in [5.41, 5.74) is 2.33.